The van der Waals surface area contributed by atoms with Gasteiger partial charge in [0.2, 0.25) is 12.7 Å². The van der Waals surface area contributed by atoms with E-state index in [0.717, 1.165) is 29.9 Å². The quantitative estimate of drug-likeness (QED) is 0.387. The molecular weight excluding hydrogens is 459 g/mol. The number of carbonyl (C=O) groups is 1. The number of benzene rings is 1. The van der Waals surface area contributed by atoms with Crippen molar-refractivity contribution in [3.8, 4) is 22.8 Å². The van der Waals surface area contributed by atoms with Crippen molar-refractivity contribution in [2.75, 3.05) is 12.5 Å². The largest absolute Gasteiger partial charge is 0.454 e. The number of hydrogen-bond acceptors (Lipinski definition) is 7. The summed E-state index contributed by atoms with van der Waals surface area (Å²) in [5, 5.41) is 6.84. The van der Waals surface area contributed by atoms with Gasteiger partial charge in [-0.3, -0.25) is 9.48 Å². The number of rotatable bonds is 8. The highest BCUT2D eigenvalue weighted by molar-refractivity contribution is 7.99. The van der Waals surface area contributed by atoms with Crippen molar-refractivity contribution in [3.05, 3.63) is 47.9 Å². The van der Waals surface area contributed by atoms with Crippen LogP contribution in [0.25, 0.3) is 11.3 Å². The molecule has 33 heavy (non-hydrogen) atoms. The fraction of sp³-hybridized carbons (Fsp3) is 0.333. The van der Waals surface area contributed by atoms with Crippen LogP contribution in [0, 0.1) is 0 Å². The number of ether oxygens (including phenoxy) is 2. The van der Waals surface area contributed by atoms with Gasteiger partial charge in [-0.25, -0.2) is 9.97 Å². The predicted molar refractivity (Wildman–Crippen MR) is 114 cm³/mol. The van der Waals surface area contributed by atoms with E-state index in [1.54, 1.807) is 29.1 Å². The van der Waals surface area contributed by atoms with Crippen molar-refractivity contribution in [3.63, 3.8) is 0 Å². The van der Waals surface area contributed by atoms with E-state index in [1.165, 1.54) is 0 Å². The van der Waals surface area contributed by atoms with Gasteiger partial charge >= 0.3 is 6.18 Å². The van der Waals surface area contributed by atoms with Crippen LogP contribution >= 0.6 is 11.8 Å². The zero-order valence-corrected chi connectivity index (χ0v) is 18.4. The third-order valence-corrected chi connectivity index (χ3v) is 5.57. The SMILES string of the molecule is CCn1cc(CNC(=O)CCSc2nc(-c3ccc4c(c3)OCO4)cc(C(F)(F)F)n2)cn1. The van der Waals surface area contributed by atoms with E-state index in [0.29, 0.717) is 23.6 Å². The molecule has 12 heteroatoms. The number of thioether (sulfide) groups is 1. The maximum atomic E-state index is 13.4. The van der Waals surface area contributed by atoms with Crippen molar-refractivity contribution >= 4 is 17.7 Å². The van der Waals surface area contributed by atoms with Gasteiger partial charge < -0.3 is 14.8 Å². The van der Waals surface area contributed by atoms with Gasteiger partial charge in [0.15, 0.2) is 16.7 Å². The van der Waals surface area contributed by atoms with Crippen molar-refractivity contribution in [2.24, 2.45) is 0 Å². The minimum atomic E-state index is -4.64. The Morgan fingerprint density at radius 1 is 1.21 bits per heavy atom. The number of halogens is 3. The Morgan fingerprint density at radius 3 is 2.79 bits per heavy atom. The van der Waals surface area contributed by atoms with Gasteiger partial charge in [-0.05, 0) is 31.2 Å². The molecule has 8 nitrogen and oxygen atoms in total. The van der Waals surface area contributed by atoms with Crippen LogP contribution < -0.4 is 14.8 Å². The standard InChI is InChI=1S/C21H20F3N5O3S/c1-2-29-11-13(10-26-29)9-25-19(30)5-6-33-20-27-15(8-18(28-20)21(22,23)24)14-3-4-16-17(7-14)32-12-31-16/h3-4,7-8,10-11H,2,5-6,9,12H2,1H3,(H,25,30). The zero-order chi connectivity index (χ0) is 23.4. The maximum Gasteiger partial charge on any atom is 0.433 e. The second kappa shape index (κ2) is 9.69. The third-order valence-electron chi connectivity index (χ3n) is 4.73. The highest BCUT2D eigenvalue weighted by Gasteiger charge is 2.34. The molecule has 4 rings (SSSR count). The monoisotopic (exact) mass is 479 g/mol. The second-order valence-corrected chi connectivity index (χ2v) is 8.13. The zero-order valence-electron chi connectivity index (χ0n) is 17.6. The Kier molecular flexibility index (Phi) is 6.72. The smallest absolute Gasteiger partial charge is 0.433 e. The first-order valence-corrected chi connectivity index (χ1v) is 11.1. The van der Waals surface area contributed by atoms with E-state index in [2.05, 4.69) is 20.4 Å². The maximum absolute atomic E-state index is 13.4. The van der Waals surface area contributed by atoms with Crippen molar-refractivity contribution in [1.29, 1.82) is 0 Å². The van der Waals surface area contributed by atoms with E-state index < -0.39 is 11.9 Å². The summed E-state index contributed by atoms with van der Waals surface area (Å²) in [7, 11) is 0. The highest BCUT2D eigenvalue weighted by Crippen LogP contribution is 2.37. The van der Waals surface area contributed by atoms with Crippen LogP contribution in [0.4, 0.5) is 13.2 Å². The lowest BCUT2D eigenvalue weighted by Gasteiger charge is -2.11. The first-order valence-electron chi connectivity index (χ1n) is 10.1. The molecule has 1 amide bonds. The average molecular weight is 479 g/mol. The van der Waals surface area contributed by atoms with Crippen molar-refractivity contribution in [1.82, 2.24) is 25.1 Å². The molecule has 3 aromatic rings. The first-order chi connectivity index (χ1) is 15.8. The molecule has 0 bridgehead atoms. The Hall–Kier alpha value is -3.28. The van der Waals surface area contributed by atoms with Gasteiger partial charge in [-0.15, -0.1) is 0 Å². The molecule has 1 aromatic carbocycles. The number of hydrogen-bond donors (Lipinski definition) is 1. The number of aromatic nitrogens is 4. The lowest BCUT2D eigenvalue weighted by Crippen LogP contribution is -2.22. The van der Waals surface area contributed by atoms with Crippen LogP contribution in [-0.4, -0.2) is 38.2 Å². The van der Waals surface area contributed by atoms with Crippen LogP contribution in [0.3, 0.4) is 0 Å². The van der Waals surface area contributed by atoms with Gasteiger partial charge in [0.05, 0.1) is 11.9 Å². The number of carbonyl (C=O) groups excluding carboxylic acids is 1. The molecule has 0 saturated carbocycles. The number of amides is 1. The molecule has 2 aromatic heterocycles. The molecular formula is C21H20F3N5O3S. The Morgan fingerprint density at radius 2 is 2.03 bits per heavy atom. The van der Waals surface area contributed by atoms with Gasteiger partial charge in [0.1, 0.15) is 5.69 Å². The van der Waals surface area contributed by atoms with Gasteiger partial charge in [0, 0.05) is 42.6 Å². The molecule has 0 aliphatic carbocycles. The summed E-state index contributed by atoms with van der Waals surface area (Å²) in [4.78, 5) is 20.0. The fourth-order valence-electron chi connectivity index (χ4n) is 3.03. The van der Waals surface area contributed by atoms with Crippen molar-refractivity contribution < 1.29 is 27.4 Å². The van der Waals surface area contributed by atoms with E-state index >= 15 is 0 Å². The van der Waals surface area contributed by atoms with Crippen LogP contribution in [0.2, 0.25) is 0 Å². The highest BCUT2D eigenvalue weighted by atomic mass is 32.2. The third kappa shape index (κ3) is 5.75. The van der Waals surface area contributed by atoms with Crippen LogP contribution in [0.1, 0.15) is 24.6 Å². The molecule has 0 radical (unpaired) electrons. The van der Waals surface area contributed by atoms with E-state index in [4.69, 9.17) is 9.47 Å². The second-order valence-electron chi connectivity index (χ2n) is 7.07. The minimum absolute atomic E-state index is 0.0560. The van der Waals surface area contributed by atoms with Gasteiger partial charge in [-0.2, -0.15) is 18.3 Å². The molecule has 1 N–H and O–H groups in total. The van der Waals surface area contributed by atoms with Crippen LogP contribution in [-0.2, 0) is 24.1 Å². The summed E-state index contributed by atoms with van der Waals surface area (Å²) in [5.74, 6) is 0.957. The normalized spacial score (nSPS) is 12.7. The summed E-state index contributed by atoms with van der Waals surface area (Å²) in [5.41, 5.74) is 0.368. The number of nitrogens with zero attached hydrogens (tertiary/aromatic N) is 4. The van der Waals surface area contributed by atoms with Crippen LogP contribution in [0.15, 0.2) is 41.8 Å². The molecule has 174 valence electrons. The molecule has 1 aliphatic heterocycles. The fourth-order valence-corrected chi connectivity index (χ4v) is 3.83. The topological polar surface area (TPSA) is 91.2 Å². The Labute approximate surface area is 191 Å². The minimum Gasteiger partial charge on any atom is -0.454 e. The number of fused-ring (bicyclic) bond motifs is 1. The summed E-state index contributed by atoms with van der Waals surface area (Å²) in [6, 6.07) is 5.70. The summed E-state index contributed by atoms with van der Waals surface area (Å²) in [6.45, 7) is 3.08. The molecule has 0 saturated heterocycles. The number of aryl methyl sites for hydroxylation is 1. The summed E-state index contributed by atoms with van der Waals surface area (Å²) < 4.78 is 52.5. The molecule has 0 spiro atoms. The van der Waals surface area contributed by atoms with Gasteiger partial charge in [0.25, 0.3) is 0 Å². The molecule has 1 aliphatic rings. The predicted octanol–water partition coefficient (Wildman–Crippen LogP) is 3.91. The average Bonchev–Trinajstić information content (AvgIpc) is 3.45. The summed E-state index contributed by atoms with van der Waals surface area (Å²) >= 11 is 0.987. The number of alkyl halides is 3. The lowest BCUT2D eigenvalue weighted by molar-refractivity contribution is -0.141. The molecule has 0 atom stereocenters. The molecule has 3 heterocycles. The lowest BCUT2D eigenvalue weighted by atomic mass is 10.1. The van der Waals surface area contributed by atoms with Gasteiger partial charge in [-0.1, -0.05) is 11.8 Å². The molecule has 0 unspecified atom stereocenters. The van der Waals surface area contributed by atoms with Crippen molar-refractivity contribution in [2.45, 2.75) is 37.8 Å². The van der Waals surface area contributed by atoms with E-state index in [9.17, 15) is 18.0 Å². The molecule has 0 fully saturated rings. The number of nitrogens with one attached hydrogen (secondary N) is 1. The van der Waals surface area contributed by atoms with E-state index in [1.807, 2.05) is 13.1 Å². The Balaban J connectivity index is 1.41. The Bertz CT molecular complexity index is 1150. The first kappa shape index (κ1) is 22.9. The van der Waals surface area contributed by atoms with E-state index in [-0.39, 0.29) is 35.7 Å². The van der Waals surface area contributed by atoms with Crippen LogP contribution in [0.5, 0.6) is 11.5 Å². The summed E-state index contributed by atoms with van der Waals surface area (Å²) in [6.07, 6.45) is -1.02.